The quantitative estimate of drug-likeness (QED) is 0.916. The first kappa shape index (κ1) is 14.2. The Labute approximate surface area is 118 Å². The first-order valence-electron chi connectivity index (χ1n) is 6.55. The van der Waals surface area contributed by atoms with Crippen molar-refractivity contribution in [1.82, 2.24) is 9.97 Å². The van der Waals surface area contributed by atoms with Crippen LogP contribution in [0.4, 0.5) is 11.5 Å². The molecule has 1 aromatic rings. The summed E-state index contributed by atoms with van der Waals surface area (Å²) in [5, 5.41) is 0. The van der Waals surface area contributed by atoms with Crippen LogP contribution in [0.3, 0.4) is 0 Å². The summed E-state index contributed by atoms with van der Waals surface area (Å²) in [6.45, 7) is 10.3. The van der Waals surface area contributed by atoms with Crippen LogP contribution in [0.2, 0.25) is 0 Å². The van der Waals surface area contributed by atoms with Crippen molar-refractivity contribution in [3.8, 4) is 5.88 Å². The van der Waals surface area contributed by atoms with Crippen LogP contribution in [0.25, 0.3) is 0 Å². The maximum absolute atomic E-state index is 6.15. The van der Waals surface area contributed by atoms with Gasteiger partial charge >= 0.3 is 0 Å². The van der Waals surface area contributed by atoms with E-state index in [0.717, 1.165) is 24.7 Å². The van der Waals surface area contributed by atoms with E-state index in [1.807, 2.05) is 25.6 Å². The highest BCUT2D eigenvalue weighted by Crippen LogP contribution is 2.35. The van der Waals surface area contributed by atoms with Crippen molar-refractivity contribution >= 4 is 23.3 Å². The van der Waals surface area contributed by atoms with E-state index >= 15 is 0 Å². The van der Waals surface area contributed by atoms with Crippen LogP contribution in [0, 0.1) is 0 Å². The van der Waals surface area contributed by atoms with E-state index in [0.29, 0.717) is 11.6 Å². The van der Waals surface area contributed by atoms with E-state index in [1.165, 1.54) is 6.33 Å². The smallest absolute Gasteiger partial charge is 0.242 e. The van der Waals surface area contributed by atoms with E-state index in [1.54, 1.807) is 0 Å². The Bertz CT molecular complexity index is 450. The average Bonchev–Trinajstić information content (AvgIpc) is 2.30. The third-order valence-electron chi connectivity index (χ3n) is 2.90. The molecule has 0 spiro atoms. The predicted molar refractivity (Wildman–Crippen MR) is 81.0 cm³/mol. The Morgan fingerprint density at radius 1 is 1.42 bits per heavy atom. The molecule has 1 fully saturated rings. The minimum absolute atomic E-state index is 0.0541. The number of rotatable bonds is 3. The zero-order chi connectivity index (χ0) is 14.0. The highest BCUT2D eigenvalue weighted by molar-refractivity contribution is 8.00. The fourth-order valence-corrected chi connectivity index (χ4v) is 3.25. The molecule has 0 aliphatic carbocycles. The Morgan fingerprint density at radius 3 is 2.79 bits per heavy atom. The van der Waals surface area contributed by atoms with E-state index < -0.39 is 0 Å². The maximum atomic E-state index is 6.15. The summed E-state index contributed by atoms with van der Waals surface area (Å²) >= 11 is 1.98. The van der Waals surface area contributed by atoms with Crippen LogP contribution in [0.5, 0.6) is 5.88 Å². The van der Waals surface area contributed by atoms with Gasteiger partial charge in [0.2, 0.25) is 5.88 Å². The summed E-state index contributed by atoms with van der Waals surface area (Å²) in [5.74, 6) is 2.35. The molecule has 0 atom stereocenters. The van der Waals surface area contributed by atoms with Gasteiger partial charge in [0.1, 0.15) is 12.0 Å². The summed E-state index contributed by atoms with van der Waals surface area (Å²) in [7, 11) is 0. The molecule has 0 bridgehead atoms. The second-order valence-corrected chi connectivity index (χ2v) is 7.41. The molecule has 0 saturated carbocycles. The summed E-state index contributed by atoms with van der Waals surface area (Å²) < 4.78 is 5.84. The van der Waals surface area contributed by atoms with Crippen LogP contribution in [-0.4, -0.2) is 39.7 Å². The first-order valence-corrected chi connectivity index (χ1v) is 7.53. The lowest BCUT2D eigenvalue weighted by Crippen LogP contribution is -2.43. The minimum Gasteiger partial charge on any atom is -0.473 e. The first-order chi connectivity index (χ1) is 8.89. The SMILES string of the molecule is CC(C)Oc1ncnc(N2CCSC(C)(C)C2)c1N. The molecule has 1 aromatic heterocycles. The van der Waals surface area contributed by atoms with E-state index in [4.69, 9.17) is 10.5 Å². The molecule has 2 rings (SSSR count). The number of anilines is 2. The molecule has 0 unspecified atom stereocenters. The number of nitrogen functional groups attached to an aromatic ring is 1. The van der Waals surface area contributed by atoms with Crippen LogP contribution in [-0.2, 0) is 0 Å². The molecule has 19 heavy (non-hydrogen) atoms. The topological polar surface area (TPSA) is 64.3 Å². The molecule has 106 valence electrons. The lowest BCUT2D eigenvalue weighted by molar-refractivity contribution is 0.234. The summed E-state index contributed by atoms with van der Waals surface area (Å²) in [4.78, 5) is 10.7. The molecule has 0 aromatic carbocycles. The maximum Gasteiger partial charge on any atom is 0.242 e. The number of thioether (sulfide) groups is 1. The molecule has 1 saturated heterocycles. The van der Waals surface area contributed by atoms with Crippen molar-refractivity contribution < 1.29 is 4.74 Å². The van der Waals surface area contributed by atoms with Gasteiger partial charge in [-0.1, -0.05) is 0 Å². The number of nitrogens with zero attached hydrogens (tertiary/aromatic N) is 3. The molecule has 1 aliphatic heterocycles. The highest BCUT2D eigenvalue weighted by atomic mass is 32.2. The van der Waals surface area contributed by atoms with Gasteiger partial charge < -0.3 is 15.4 Å². The average molecular weight is 282 g/mol. The van der Waals surface area contributed by atoms with E-state index in [2.05, 4.69) is 28.7 Å². The van der Waals surface area contributed by atoms with Gasteiger partial charge in [0.25, 0.3) is 0 Å². The molecule has 0 amide bonds. The van der Waals surface area contributed by atoms with Crippen molar-refractivity contribution in [1.29, 1.82) is 0 Å². The van der Waals surface area contributed by atoms with E-state index in [-0.39, 0.29) is 10.9 Å². The minimum atomic E-state index is 0.0541. The number of hydrogen-bond donors (Lipinski definition) is 1. The van der Waals surface area contributed by atoms with Crippen molar-refractivity contribution in [2.75, 3.05) is 29.5 Å². The summed E-state index contributed by atoms with van der Waals surface area (Å²) in [5.41, 5.74) is 6.69. The van der Waals surface area contributed by atoms with Crippen molar-refractivity contribution in [3.05, 3.63) is 6.33 Å². The zero-order valence-electron chi connectivity index (χ0n) is 12.0. The Hall–Kier alpha value is -1.17. The zero-order valence-corrected chi connectivity index (χ0v) is 12.8. The molecular formula is C13H22N4OS. The lowest BCUT2D eigenvalue weighted by Gasteiger charge is -2.38. The number of hydrogen-bond acceptors (Lipinski definition) is 6. The van der Waals surface area contributed by atoms with Gasteiger partial charge in [-0.15, -0.1) is 0 Å². The largest absolute Gasteiger partial charge is 0.473 e. The predicted octanol–water partition coefficient (Wildman–Crippen LogP) is 2.18. The number of ether oxygens (including phenoxy) is 1. The number of nitrogens with two attached hydrogens (primary N) is 1. The lowest BCUT2D eigenvalue weighted by atomic mass is 10.2. The fraction of sp³-hybridized carbons (Fsp3) is 0.692. The van der Waals surface area contributed by atoms with Crippen LogP contribution < -0.4 is 15.4 Å². The second-order valence-electron chi connectivity index (χ2n) is 5.61. The summed E-state index contributed by atoms with van der Waals surface area (Å²) in [6, 6.07) is 0. The molecule has 6 heteroatoms. The molecule has 1 aliphatic rings. The Kier molecular flexibility index (Phi) is 4.08. The fourth-order valence-electron chi connectivity index (χ4n) is 2.14. The monoisotopic (exact) mass is 282 g/mol. The van der Waals surface area contributed by atoms with Gasteiger partial charge in [0.15, 0.2) is 5.82 Å². The molecule has 2 heterocycles. The molecule has 0 radical (unpaired) electrons. The van der Waals surface area contributed by atoms with Crippen LogP contribution in [0.1, 0.15) is 27.7 Å². The van der Waals surface area contributed by atoms with Crippen LogP contribution in [0.15, 0.2) is 6.33 Å². The highest BCUT2D eigenvalue weighted by Gasteiger charge is 2.29. The third kappa shape index (κ3) is 3.43. The van der Waals surface area contributed by atoms with Crippen molar-refractivity contribution in [3.63, 3.8) is 0 Å². The Morgan fingerprint density at radius 2 is 2.16 bits per heavy atom. The standard InChI is InChI=1S/C13H22N4OS/c1-9(2)18-12-10(14)11(15-8-16-12)17-5-6-19-13(3,4)7-17/h8-9H,5-7,14H2,1-4H3. The Balaban J connectivity index is 2.24. The van der Waals surface area contributed by atoms with Crippen LogP contribution >= 0.6 is 11.8 Å². The third-order valence-corrected chi connectivity index (χ3v) is 4.20. The van der Waals surface area contributed by atoms with Crippen molar-refractivity contribution in [2.24, 2.45) is 0 Å². The van der Waals surface area contributed by atoms with Gasteiger partial charge in [0, 0.05) is 23.6 Å². The van der Waals surface area contributed by atoms with Crippen molar-refractivity contribution in [2.45, 2.75) is 38.5 Å². The van der Waals surface area contributed by atoms with Gasteiger partial charge in [0.05, 0.1) is 6.10 Å². The second kappa shape index (κ2) is 5.45. The number of aromatic nitrogens is 2. The normalized spacial score (nSPS) is 18.7. The van der Waals surface area contributed by atoms with Gasteiger partial charge in [-0.05, 0) is 27.7 Å². The molecule has 5 nitrogen and oxygen atoms in total. The molecule has 2 N–H and O–H groups in total. The van der Waals surface area contributed by atoms with Gasteiger partial charge in [-0.25, -0.2) is 4.98 Å². The van der Waals surface area contributed by atoms with Gasteiger partial charge in [-0.3, -0.25) is 0 Å². The van der Waals surface area contributed by atoms with Gasteiger partial charge in [-0.2, -0.15) is 16.7 Å². The molecular weight excluding hydrogens is 260 g/mol. The summed E-state index contributed by atoms with van der Waals surface area (Å²) in [6.07, 6.45) is 1.58. The van der Waals surface area contributed by atoms with E-state index in [9.17, 15) is 0 Å².